The molecule has 6 nitrogen and oxygen atoms in total. The van der Waals surface area contributed by atoms with E-state index in [-0.39, 0.29) is 5.91 Å². The largest absolute Gasteiger partial charge is 0.495 e. The number of ether oxygens (including phenoxy) is 1. The summed E-state index contributed by atoms with van der Waals surface area (Å²) in [5, 5.41) is 6.59. The lowest BCUT2D eigenvalue weighted by Crippen LogP contribution is -2.13. The van der Waals surface area contributed by atoms with Gasteiger partial charge in [-0.25, -0.2) is 4.98 Å². The molecule has 0 aliphatic carbocycles. The number of hydrogen-bond donors (Lipinski definition) is 2. The monoisotopic (exact) mass is 396 g/mol. The summed E-state index contributed by atoms with van der Waals surface area (Å²) in [6, 6.07) is 16.2. The van der Waals surface area contributed by atoms with Crippen molar-refractivity contribution in [1.29, 1.82) is 0 Å². The molecule has 0 aliphatic heterocycles. The molecule has 0 fully saturated rings. The van der Waals surface area contributed by atoms with E-state index in [9.17, 15) is 4.79 Å². The van der Waals surface area contributed by atoms with E-state index in [4.69, 9.17) is 16.3 Å². The van der Waals surface area contributed by atoms with Crippen LogP contribution in [0, 0.1) is 0 Å². The van der Waals surface area contributed by atoms with Gasteiger partial charge in [0.2, 0.25) is 0 Å². The predicted molar refractivity (Wildman–Crippen MR) is 114 cm³/mol. The number of hydrogen-bond acceptors (Lipinski definition) is 5. The summed E-state index contributed by atoms with van der Waals surface area (Å²) >= 11 is 6.06. The normalized spacial score (nSPS) is 10.3. The number of carbonyl (C=O) groups excluding carboxylic acids is 1. The van der Waals surface area contributed by atoms with E-state index in [2.05, 4.69) is 15.6 Å². The first-order valence-corrected chi connectivity index (χ1v) is 8.99. The fourth-order valence-electron chi connectivity index (χ4n) is 2.60. The van der Waals surface area contributed by atoms with Crippen LogP contribution in [0.3, 0.4) is 0 Å². The van der Waals surface area contributed by atoms with Crippen molar-refractivity contribution in [2.24, 2.45) is 0 Å². The van der Waals surface area contributed by atoms with Gasteiger partial charge in [0.25, 0.3) is 5.91 Å². The summed E-state index contributed by atoms with van der Waals surface area (Å²) in [5.41, 5.74) is 2.93. The van der Waals surface area contributed by atoms with Gasteiger partial charge < -0.3 is 20.3 Å². The van der Waals surface area contributed by atoms with Gasteiger partial charge in [0.05, 0.1) is 12.8 Å². The number of nitrogens with zero attached hydrogens (tertiary/aromatic N) is 2. The van der Waals surface area contributed by atoms with Crippen molar-refractivity contribution in [3.05, 3.63) is 71.4 Å². The van der Waals surface area contributed by atoms with Crippen molar-refractivity contribution >= 4 is 40.4 Å². The second-order valence-electron chi connectivity index (χ2n) is 6.29. The Morgan fingerprint density at radius 3 is 2.50 bits per heavy atom. The lowest BCUT2D eigenvalue weighted by atomic mass is 10.2. The number of carbonyl (C=O) groups is 1. The fraction of sp³-hybridized carbons (Fsp3) is 0.143. The maximum atomic E-state index is 12.6. The number of aromatic nitrogens is 1. The molecule has 3 rings (SSSR count). The predicted octanol–water partition coefficient (Wildman–Crippen LogP) is 4.81. The van der Waals surface area contributed by atoms with E-state index in [0.717, 1.165) is 11.4 Å². The SMILES string of the molecule is COc1ccc(Cl)cc1Nc1cc(C(=O)Nc2ccc(N(C)C)cc2)ccn1. The van der Waals surface area contributed by atoms with Gasteiger partial charge >= 0.3 is 0 Å². The standard InChI is InChI=1S/C21H21ClN4O2/c1-26(2)17-7-5-16(6-8-17)24-21(27)14-10-11-23-20(12-14)25-18-13-15(22)4-9-19(18)28-3/h4-13H,1-3H3,(H,23,25)(H,24,27). The van der Waals surface area contributed by atoms with E-state index >= 15 is 0 Å². The Morgan fingerprint density at radius 2 is 1.82 bits per heavy atom. The van der Waals surface area contributed by atoms with Crippen LogP contribution in [0.4, 0.5) is 22.9 Å². The molecule has 0 saturated heterocycles. The summed E-state index contributed by atoms with van der Waals surface area (Å²) in [5.74, 6) is 0.916. The van der Waals surface area contributed by atoms with Crippen molar-refractivity contribution in [2.75, 3.05) is 36.7 Å². The number of methoxy groups -OCH3 is 1. The molecule has 0 unspecified atom stereocenters. The van der Waals surface area contributed by atoms with Gasteiger partial charge in [0.15, 0.2) is 0 Å². The first kappa shape index (κ1) is 19.5. The van der Waals surface area contributed by atoms with Crippen LogP contribution in [-0.4, -0.2) is 32.1 Å². The van der Waals surface area contributed by atoms with E-state index < -0.39 is 0 Å². The smallest absolute Gasteiger partial charge is 0.255 e. The molecule has 0 aliphatic rings. The number of amides is 1. The third-order valence-electron chi connectivity index (χ3n) is 4.09. The molecular weight excluding hydrogens is 376 g/mol. The molecule has 0 bridgehead atoms. The van der Waals surface area contributed by atoms with Crippen molar-refractivity contribution in [3.63, 3.8) is 0 Å². The third kappa shape index (κ3) is 4.72. The highest BCUT2D eigenvalue weighted by Crippen LogP contribution is 2.30. The fourth-order valence-corrected chi connectivity index (χ4v) is 2.77. The van der Waals surface area contributed by atoms with Crippen molar-refractivity contribution in [1.82, 2.24) is 4.98 Å². The van der Waals surface area contributed by atoms with E-state index in [1.807, 2.05) is 43.3 Å². The van der Waals surface area contributed by atoms with E-state index in [0.29, 0.717) is 27.8 Å². The summed E-state index contributed by atoms with van der Waals surface area (Å²) in [4.78, 5) is 18.9. The van der Waals surface area contributed by atoms with Gasteiger partial charge in [0, 0.05) is 42.3 Å². The maximum absolute atomic E-state index is 12.6. The van der Waals surface area contributed by atoms with Gasteiger partial charge in [-0.15, -0.1) is 0 Å². The first-order valence-electron chi connectivity index (χ1n) is 8.61. The Hall–Kier alpha value is -3.25. The zero-order chi connectivity index (χ0) is 20.1. The molecule has 2 aromatic carbocycles. The molecule has 0 radical (unpaired) electrons. The Balaban J connectivity index is 1.75. The van der Waals surface area contributed by atoms with Crippen LogP contribution < -0.4 is 20.3 Å². The molecule has 0 atom stereocenters. The van der Waals surface area contributed by atoms with Crippen LogP contribution in [-0.2, 0) is 0 Å². The molecule has 2 N–H and O–H groups in total. The average molecular weight is 397 g/mol. The highest BCUT2D eigenvalue weighted by Gasteiger charge is 2.10. The maximum Gasteiger partial charge on any atom is 0.255 e. The number of pyridine rings is 1. The van der Waals surface area contributed by atoms with E-state index in [1.54, 1.807) is 43.6 Å². The van der Waals surface area contributed by atoms with Crippen LogP contribution in [0.15, 0.2) is 60.8 Å². The van der Waals surface area contributed by atoms with Crippen molar-refractivity contribution in [3.8, 4) is 5.75 Å². The average Bonchev–Trinajstić information content (AvgIpc) is 2.69. The topological polar surface area (TPSA) is 66.5 Å². The van der Waals surface area contributed by atoms with Gasteiger partial charge in [-0.05, 0) is 54.6 Å². The van der Waals surface area contributed by atoms with Crippen molar-refractivity contribution in [2.45, 2.75) is 0 Å². The number of rotatable bonds is 6. The first-order chi connectivity index (χ1) is 13.5. The van der Waals surface area contributed by atoms with Crippen molar-refractivity contribution < 1.29 is 9.53 Å². The minimum absolute atomic E-state index is 0.221. The zero-order valence-electron chi connectivity index (χ0n) is 15.9. The Morgan fingerprint density at radius 1 is 1.07 bits per heavy atom. The quantitative estimate of drug-likeness (QED) is 0.626. The van der Waals surface area contributed by atoms with Crippen LogP contribution >= 0.6 is 11.6 Å². The summed E-state index contributed by atoms with van der Waals surface area (Å²) in [6.45, 7) is 0. The lowest BCUT2D eigenvalue weighted by Gasteiger charge is -2.13. The number of anilines is 4. The number of benzene rings is 2. The van der Waals surface area contributed by atoms with Gasteiger partial charge in [0.1, 0.15) is 11.6 Å². The highest BCUT2D eigenvalue weighted by molar-refractivity contribution is 6.31. The summed E-state index contributed by atoms with van der Waals surface area (Å²) < 4.78 is 5.32. The minimum atomic E-state index is -0.221. The molecule has 0 saturated carbocycles. The second-order valence-corrected chi connectivity index (χ2v) is 6.73. The van der Waals surface area contributed by atoms with Crippen LogP contribution in [0.25, 0.3) is 0 Å². The second kappa shape index (κ2) is 8.63. The molecule has 1 amide bonds. The summed E-state index contributed by atoms with van der Waals surface area (Å²) in [7, 11) is 5.51. The molecule has 7 heteroatoms. The minimum Gasteiger partial charge on any atom is -0.495 e. The number of nitrogens with one attached hydrogen (secondary N) is 2. The lowest BCUT2D eigenvalue weighted by molar-refractivity contribution is 0.102. The molecule has 0 spiro atoms. The van der Waals surface area contributed by atoms with Crippen LogP contribution in [0.1, 0.15) is 10.4 Å². The molecular formula is C21H21ClN4O2. The van der Waals surface area contributed by atoms with E-state index in [1.165, 1.54) is 0 Å². The zero-order valence-corrected chi connectivity index (χ0v) is 16.6. The molecule has 3 aromatic rings. The molecule has 144 valence electrons. The number of halogens is 1. The third-order valence-corrected chi connectivity index (χ3v) is 4.32. The van der Waals surface area contributed by atoms with Gasteiger partial charge in [-0.1, -0.05) is 11.6 Å². The molecule has 1 aromatic heterocycles. The Labute approximate surface area is 169 Å². The highest BCUT2D eigenvalue weighted by atomic mass is 35.5. The van der Waals surface area contributed by atoms with Gasteiger partial charge in [-0.2, -0.15) is 0 Å². The molecule has 1 heterocycles. The van der Waals surface area contributed by atoms with Crippen LogP contribution in [0.5, 0.6) is 5.75 Å². The van der Waals surface area contributed by atoms with Crippen LogP contribution in [0.2, 0.25) is 5.02 Å². The van der Waals surface area contributed by atoms with Gasteiger partial charge in [-0.3, -0.25) is 4.79 Å². The Kier molecular flexibility index (Phi) is 6.01. The summed E-state index contributed by atoms with van der Waals surface area (Å²) in [6.07, 6.45) is 1.57. The Bertz CT molecular complexity index is 974. The molecule has 28 heavy (non-hydrogen) atoms.